The first-order valence-electron chi connectivity index (χ1n) is 8.23. The Balaban J connectivity index is 1.77. The summed E-state index contributed by atoms with van der Waals surface area (Å²) in [5.74, 6) is 0.413. The highest BCUT2D eigenvalue weighted by atomic mass is 16.2. The van der Waals surface area contributed by atoms with Crippen molar-refractivity contribution in [1.82, 2.24) is 10.2 Å². The Kier molecular flexibility index (Phi) is 3.36. The van der Waals surface area contributed by atoms with Crippen LogP contribution in [0.5, 0.6) is 0 Å². The molecule has 19 heavy (non-hydrogen) atoms. The van der Waals surface area contributed by atoms with Crippen LogP contribution in [-0.4, -0.2) is 29.1 Å². The number of hydrogen-bond donors (Lipinski definition) is 1. The smallest absolute Gasteiger partial charge is 0.244 e. The van der Waals surface area contributed by atoms with Crippen molar-refractivity contribution in [2.45, 2.75) is 83.3 Å². The van der Waals surface area contributed by atoms with Crippen LogP contribution in [0.15, 0.2) is 0 Å². The van der Waals surface area contributed by atoms with Gasteiger partial charge in [0.15, 0.2) is 0 Å². The van der Waals surface area contributed by atoms with Crippen molar-refractivity contribution in [3.05, 3.63) is 0 Å². The molecule has 2 aliphatic carbocycles. The summed E-state index contributed by atoms with van der Waals surface area (Å²) in [7, 11) is 0. The lowest BCUT2D eigenvalue weighted by Crippen LogP contribution is -2.47. The lowest BCUT2D eigenvalue weighted by Gasteiger charge is -2.45. The predicted molar refractivity (Wildman–Crippen MR) is 76.7 cm³/mol. The summed E-state index contributed by atoms with van der Waals surface area (Å²) >= 11 is 0. The van der Waals surface area contributed by atoms with Crippen LogP contribution >= 0.6 is 0 Å². The van der Waals surface area contributed by atoms with Gasteiger partial charge in [0.1, 0.15) is 0 Å². The molecule has 108 valence electrons. The Labute approximate surface area is 117 Å². The number of amides is 1. The van der Waals surface area contributed by atoms with Crippen LogP contribution in [0.2, 0.25) is 0 Å². The van der Waals surface area contributed by atoms with Crippen LogP contribution in [0.25, 0.3) is 0 Å². The zero-order valence-electron chi connectivity index (χ0n) is 12.5. The topological polar surface area (TPSA) is 32.3 Å². The van der Waals surface area contributed by atoms with Crippen LogP contribution in [-0.2, 0) is 4.79 Å². The molecule has 1 atom stereocenters. The van der Waals surface area contributed by atoms with Crippen molar-refractivity contribution in [3.8, 4) is 0 Å². The van der Waals surface area contributed by atoms with E-state index in [-0.39, 0.29) is 11.7 Å². The molecule has 0 aromatic heterocycles. The monoisotopic (exact) mass is 264 g/mol. The Morgan fingerprint density at radius 1 is 1.16 bits per heavy atom. The predicted octanol–water partition coefficient (Wildman–Crippen LogP) is 3.05. The van der Waals surface area contributed by atoms with E-state index < -0.39 is 0 Å². The lowest BCUT2D eigenvalue weighted by molar-refractivity contribution is -0.135. The minimum Gasteiger partial charge on any atom is -0.325 e. The van der Waals surface area contributed by atoms with Crippen molar-refractivity contribution in [2.75, 3.05) is 6.54 Å². The molecule has 1 saturated heterocycles. The second-order valence-corrected chi connectivity index (χ2v) is 7.00. The van der Waals surface area contributed by atoms with Crippen LogP contribution in [0, 0.1) is 5.41 Å². The van der Waals surface area contributed by atoms with E-state index in [1.54, 1.807) is 0 Å². The Morgan fingerprint density at radius 3 is 2.32 bits per heavy atom. The van der Waals surface area contributed by atoms with Gasteiger partial charge < -0.3 is 4.90 Å². The summed E-state index contributed by atoms with van der Waals surface area (Å²) in [6, 6.07) is 0. The molecule has 3 fully saturated rings. The van der Waals surface area contributed by atoms with E-state index in [9.17, 15) is 4.79 Å². The zero-order valence-corrected chi connectivity index (χ0v) is 12.5. The van der Waals surface area contributed by atoms with Gasteiger partial charge in [-0.2, -0.15) is 0 Å². The Bertz CT molecular complexity index is 350. The number of hydrogen-bond acceptors (Lipinski definition) is 2. The fourth-order valence-electron chi connectivity index (χ4n) is 4.38. The second kappa shape index (κ2) is 4.76. The summed E-state index contributed by atoms with van der Waals surface area (Å²) in [5.41, 5.74) is 0.258. The normalized spacial score (nSPS) is 32.0. The van der Waals surface area contributed by atoms with Crippen molar-refractivity contribution < 1.29 is 4.79 Å². The van der Waals surface area contributed by atoms with Gasteiger partial charge in [0.2, 0.25) is 5.91 Å². The molecular formula is C16H28N2O. The first kappa shape index (κ1) is 13.4. The standard InChI is InChI=1S/C16H28N2O/c1-3-13-17-16(10-5-6-11-16)14(19)18(13)12-15(4-2)8-7-9-15/h13,17H,3-12H2,1-2H3. The number of carbonyl (C=O) groups excluding carboxylic acids is 1. The SMILES string of the molecule is CCC1NC2(CCCC2)C(=O)N1CC1(CC)CCC1. The van der Waals surface area contributed by atoms with E-state index in [4.69, 9.17) is 0 Å². The van der Waals surface area contributed by atoms with E-state index >= 15 is 0 Å². The number of carbonyl (C=O) groups is 1. The maximum atomic E-state index is 12.9. The second-order valence-electron chi connectivity index (χ2n) is 7.00. The van der Waals surface area contributed by atoms with Crippen LogP contribution in [0.4, 0.5) is 0 Å². The van der Waals surface area contributed by atoms with Crippen molar-refractivity contribution in [1.29, 1.82) is 0 Å². The highest BCUT2D eigenvalue weighted by Gasteiger charge is 2.53. The third kappa shape index (κ3) is 2.01. The largest absolute Gasteiger partial charge is 0.325 e. The molecular weight excluding hydrogens is 236 g/mol. The van der Waals surface area contributed by atoms with Gasteiger partial charge in [-0.25, -0.2) is 0 Å². The van der Waals surface area contributed by atoms with E-state index in [2.05, 4.69) is 24.1 Å². The molecule has 0 aromatic carbocycles. The average molecular weight is 264 g/mol. The molecule has 1 unspecified atom stereocenters. The number of nitrogens with zero attached hydrogens (tertiary/aromatic N) is 1. The summed E-state index contributed by atoms with van der Waals surface area (Å²) in [6.45, 7) is 5.49. The molecule has 0 aromatic rings. The van der Waals surface area contributed by atoms with Gasteiger partial charge in [0.05, 0.1) is 11.7 Å². The summed E-state index contributed by atoms with van der Waals surface area (Å²) in [5, 5.41) is 3.69. The minimum atomic E-state index is -0.181. The molecule has 3 rings (SSSR count). The Hall–Kier alpha value is -0.570. The molecule has 0 radical (unpaired) electrons. The third-order valence-electron chi connectivity index (χ3n) is 6.00. The Morgan fingerprint density at radius 2 is 1.84 bits per heavy atom. The molecule has 3 aliphatic rings. The fraction of sp³-hybridized carbons (Fsp3) is 0.938. The molecule has 1 amide bonds. The van der Waals surface area contributed by atoms with Gasteiger partial charge >= 0.3 is 0 Å². The minimum absolute atomic E-state index is 0.181. The van der Waals surface area contributed by atoms with E-state index in [0.717, 1.165) is 25.8 Å². The molecule has 1 aliphatic heterocycles. The van der Waals surface area contributed by atoms with Crippen LogP contribution in [0.3, 0.4) is 0 Å². The molecule has 1 spiro atoms. The molecule has 1 heterocycles. The van der Waals surface area contributed by atoms with Gasteiger partial charge in [-0.1, -0.05) is 33.1 Å². The summed E-state index contributed by atoms with van der Waals surface area (Å²) in [6.07, 6.45) is 11.1. The van der Waals surface area contributed by atoms with E-state index in [0.29, 0.717) is 11.3 Å². The van der Waals surface area contributed by atoms with E-state index in [1.807, 2.05) is 0 Å². The van der Waals surface area contributed by atoms with Gasteiger partial charge in [-0.3, -0.25) is 10.1 Å². The zero-order chi connectivity index (χ0) is 13.5. The third-order valence-corrected chi connectivity index (χ3v) is 6.00. The average Bonchev–Trinajstić information content (AvgIpc) is 2.94. The first-order valence-corrected chi connectivity index (χ1v) is 8.23. The van der Waals surface area contributed by atoms with Crippen molar-refractivity contribution >= 4 is 5.91 Å². The molecule has 1 N–H and O–H groups in total. The van der Waals surface area contributed by atoms with Gasteiger partial charge in [0.25, 0.3) is 0 Å². The number of nitrogens with one attached hydrogen (secondary N) is 1. The van der Waals surface area contributed by atoms with Gasteiger partial charge in [0, 0.05) is 6.54 Å². The molecule has 3 nitrogen and oxygen atoms in total. The van der Waals surface area contributed by atoms with Crippen molar-refractivity contribution in [3.63, 3.8) is 0 Å². The van der Waals surface area contributed by atoms with Crippen molar-refractivity contribution in [2.24, 2.45) is 5.41 Å². The van der Waals surface area contributed by atoms with Crippen LogP contribution < -0.4 is 5.32 Å². The maximum Gasteiger partial charge on any atom is 0.244 e. The fourth-order valence-corrected chi connectivity index (χ4v) is 4.38. The van der Waals surface area contributed by atoms with Gasteiger partial charge in [-0.15, -0.1) is 0 Å². The molecule has 2 saturated carbocycles. The molecule has 0 bridgehead atoms. The quantitative estimate of drug-likeness (QED) is 0.846. The lowest BCUT2D eigenvalue weighted by atomic mass is 9.66. The highest BCUT2D eigenvalue weighted by Crippen LogP contribution is 2.46. The van der Waals surface area contributed by atoms with E-state index in [1.165, 1.54) is 38.5 Å². The first-order chi connectivity index (χ1) is 9.15. The summed E-state index contributed by atoms with van der Waals surface area (Å²) < 4.78 is 0. The molecule has 3 heteroatoms. The number of rotatable bonds is 4. The summed E-state index contributed by atoms with van der Waals surface area (Å²) in [4.78, 5) is 15.1. The van der Waals surface area contributed by atoms with Gasteiger partial charge in [-0.05, 0) is 43.9 Å². The highest BCUT2D eigenvalue weighted by molar-refractivity contribution is 5.89. The maximum absolute atomic E-state index is 12.9. The van der Waals surface area contributed by atoms with Crippen LogP contribution in [0.1, 0.15) is 71.6 Å².